The van der Waals surface area contributed by atoms with Crippen molar-refractivity contribution < 1.29 is 14.3 Å². The quantitative estimate of drug-likeness (QED) is 0.917. The summed E-state index contributed by atoms with van der Waals surface area (Å²) >= 11 is 0. The monoisotopic (exact) mass is 260 g/mol. The molecule has 4 nitrogen and oxygen atoms in total. The summed E-state index contributed by atoms with van der Waals surface area (Å²) in [4.78, 5) is 16.7. The number of anilines is 1. The predicted octanol–water partition coefficient (Wildman–Crippen LogP) is 2.56. The molecule has 19 heavy (non-hydrogen) atoms. The molecule has 2 aromatic rings. The van der Waals surface area contributed by atoms with E-state index in [9.17, 15) is 9.18 Å². The molecule has 0 fully saturated rings. The molecule has 0 bridgehead atoms. The van der Waals surface area contributed by atoms with Crippen molar-refractivity contribution in [1.82, 2.24) is 4.98 Å². The average Bonchev–Trinajstić information content (AvgIpc) is 2.39. The number of halogens is 1. The van der Waals surface area contributed by atoms with Crippen LogP contribution in [0.1, 0.15) is 16.1 Å². The van der Waals surface area contributed by atoms with Crippen LogP contribution in [0.2, 0.25) is 0 Å². The van der Waals surface area contributed by atoms with Gasteiger partial charge in [-0.05, 0) is 24.3 Å². The number of aromatic nitrogens is 1. The Morgan fingerprint density at radius 2 is 2.16 bits per heavy atom. The number of carbonyl (C=O) groups is 1. The van der Waals surface area contributed by atoms with Gasteiger partial charge in [0.1, 0.15) is 5.82 Å². The van der Waals surface area contributed by atoms with Gasteiger partial charge in [0.2, 0.25) is 0 Å². The lowest BCUT2D eigenvalue weighted by atomic mass is 10.1. The highest BCUT2D eigenvalue weighted by molar-refractivity contribution is 5.87. The molecule has 0 unspecified atom stereocenters. The van der Waals surface area contributed by atoms with Gasteiger partial charge >= 0.3 is 5.97 Å². The van der Waals surface area contributed by atoms with Crippen molar-refractivity contribution >= 4 is 11.7 Å². The maximum absolute atomic E-state index is 13.1. The highest BCUT2D eigenvalue weighted by Crippen LogP contribution is 2.17. The van der Waals surface area contributed by atoms with Crippen LogP contribution in [0.4, 0.5) is 10.1 Å². The van der Waals surface area contributed by atoms with Gasteiger partial charge in [0, 0.05) is 31.0 Å². The van der Waals surface area contributed by atoms with Crippen LogP contribution in [-0.4, -0.2) is 23.1 Å². The number of pyridine rings is 1. The third kappa shape index (κ3) is 3.07. The molecule has 0 amide bonds. The van der Waals surface area contributed by atoms with Crippen LogP contribution in [0.5, 0.6) is 0 Å². The highest BCUT2D eigenvalue weighted by Gasteiger charge is 2.13. The predicted molar refractivity (Wildman–Crippen MR) is 69.7 cm³/mol. The number of carboxylic acids is 1. The Morgan fingerprint density at radius 1 is 1.37 bits per heavy atom. The van der Waals surface area contributed by atoms with Crippen LogP contribution < -0.4 is 4.90 Å². The smallest absolute Gasteiger partial charge is 0.354 e. The Bertz CT molecular complexity index is 602. The zero-order chi connectivity index (χ0) is 13.8. The third-order valence-corrected chi connectivity index (χ3v) is 2.75. The number of hydrogen-bond acceptors (Lipinski definition) is 3. The van der Waals surface area contributed by atoms with Crippen LogP contribution in [0.25, 0.3) is 0 Å². The fourth-order valence-electron chi connectivity index (χ4n) is 1.82. The summed E-state index contributed by atoms with van der Waals surface area (Å²) in [5.74, 6) is -1.39. The molecule has 0 spiro atoms. The van der Waals surface area contributed by atoms with Crippen LogP contribution in [-0.2, 0) is 6.54 Å². The van der Waals surface area contributed by atoms with Crippen molar-refractivity contribution in [1.29, 1.82) is 0 Å². The number of carboxylic acid groups (broad SMARTS) is 1. The molecule has 1 aromatic carbocycles. The molecule has 98 valence electrons. The number of nitrogens with zero attached hydrogens (tertiary/aromatic N) is 2. The van der Waals surface area contributed by atoms with Crippen molar-refractivity contribution in [3.63, 3.8) is 0 Å². The summed E-state index contributed by atoms with van der Waals surface area (Å²) in [6.07, 6.45) is 1.44. The summed E-state index contributed by atoms with van der Waals surface area (Å²) in [6, 6.07) is 9.52. The molecule has 1 heterocycles. The highest BCUT2D eigenvalue weighted by atomic mass is 19.1. The fourth-order valence-corrected chi connectivity index (χ4v) is 1.82. The first-order valence-corrected chi connectivity index (χ1v) is 5.72. The lowest BCUT2D eigenvalue weighted by Crippen LogP contribution is -2.19. The van der Waals surface area contributed by atoms with Crippen molar-refractivity contribution in [3.05, 3.63) is 59.7 Å². The van der Waals surface area contributed by atoms with Crippen LogP contribution in [0.15, 0.2) is 42.6 Å². The molecule has 0 aliphatic heterocycles. The van der Waals surface area contributed by atoms with Gasteiger partial charge in [0.05, 0.1) is 0 Å². The first-order chi connectivity index (χ1) is 9.08. The second-order valence-corrected chi connectivity index (χ2v) is 4.15. The minimum absolute atomic E-state index is 0.0192. The van der Waals surface area contributed by atoms with Gasteiger partial charge in [-0.25, -0.2) is 14.2 Å². The zero-order valence-electron chi connectivity index (χ0n) is 10.4. The van der Waals surface area contributed by atoms with E-state index < -0.39 is 5.97 Å². The normalized spacial score (nSPS) is 10.2. The van der Waals surface area contributed by atoms with E-state index in [1.165, 1.54) is 18.3 Å². The van der Waals surface area contributed by atoms with Crippen LogP contribution in [0, 0.1) is 5.82 Å². The van der Waals surface area contributed by atoms with Gasteiger partial charge in [-0.2, -0.15) is 0 Å². The van der Waals surface area contributed by atoms with E-state index in [-0.39, 0.29) is 11.5 Å². The summed E-state index contributed by atoms with van der Waals surface area (Å²) in [6.45, 7) is 0.346. The minimum atomic E-state index is -1.07. The Morgan fingerprint density at radius 3 is 2.84 bits per heavy atom. The van der Waals surface area contributed by atoms with Crippen molar-refractivity contribution in [2.45, 2.75) is 6.54 Å². The maximum Gasteiger partial charge on any atom is 0.354 e. The standard InChI is InChI=1S/C14H13FN2O2/c1-17(12-6-2-5-11(15)8-12)9-10-4-3-7-16-13(10)14(18)19/h2-8H,9H2,1H3,(H,18,19). The van der Waals surface area contributed by atoms with E-state index >= 15 is 0 Å². The Kier molecular flexibility index (Phi) is 3.75. The second kappa shape index (κ2) is 5.48. The van der Waals surface area contributed by atoms with E-state index in [1.807, 2.05) is 0 Å². The first-order valence-electron chi connectivity index (χ1n) is 5.72. The summed E-state index contributed by atoms with van der Waals surface area (Å²) in [5.41, 5.74) is 1.28. The molecule has 1 aromatic heterocycles. The lowest BCUT2D eigenvalue weighted by Gasteiger charge is -2.20. The molecular weight excluding hydrogens is 247 g/mol. The topological polar surface area (TPSA) is 53.4 Å². The Balaban J connectivity index is 2.24. The fraction of sp³-hybridized carbons (Fsp3) is 0.143. The van der Waals surface area contributed by atoms with Gasteiger partial charge in [-0.3, -0.25) is 0 Å². The molecule has 0 aliphatic rings. The van der Waals surface area contributed by atoms with Crippen molar-refractivity contribution in [2.75, 3.05) is 11.9 Å². The summed E-state index contributed by atoms with van der Waals surface area (Å²) in [5, 5.41) is 9.05. The van der Waals surface area contributed by atoms with E-state index in [2.05, 4.69) is 4.98 Å². The summed E-state index contributed by atoms with van der Waals surface area (Å²) in [7, 11) is 1.77. The van der Waals surface area contributed by atoms with E-state index in [0.717, 1.165) is 0 Å². The molecule has 0 radical (unpaired) electrons. The molecule has 0 atom stereocenters. The third-order valence-electron chi connectivity index (χ3n) is 2.75. The minimum Gasteiger partial charge on any atom is -0.477 e. The molecular formula is C14H13FN2O2. The number of aromatic carboxylic acids is 1. The Hall–Kier alpha value is -2.43. The zero-order valence-corrected chi connectivity index (χ0v) is 10.4. The van der Waals surface area contributed by atoms with E-state index in [4.69, 9.17) is 5.11 Å². The SMILES string of the molecule is CN(Cc1cccnc1C(=O)O)c1cccc(F)c1. The van der Waals surface area contributed by atoms with Crippen molar-refractivity contribution in [3.8, 4) is 0 Å². The summed E-state index contributed by atoms with van der Waals surface area (Å²) < 4.78 is 13.1. The van der Waals surface area contributed by atoms with Crippen molar-refractivity contribution in [2.24, 2.45) is 0 Å². The molecule has 2 rings (SSSR count). The van der Waals surface area contributed by atoms with E-state index in [1.54, 1.807) is 36.2 Å². The average molecular weight is 260 g/mol. The second-order valence-electron chi connectivity index (χ2n) is 4.15. The van der Waals surface area contributed by atoms with Gasteiger partial charge in [-0.1, -0.05) is 12.1 Å². The molecule has 0 saturated carbocycles. The van der Waals surface area contributed by atoms with Gasteiger partial charge in [0.15, 0.2) is 5.69 Å². The lowest BCUT2D eigenvalue weighted by molar-refractivity contribution is 0.0689. The van der Waals surface area contributed by atoms with E-state index in [0.29, 0.717) is 17.8 Å². The molecule has 5 heteroatoms. The van der Waals surface area contributed by atoms with Crippen LogP contribution in [0.3, 0.4) is 0 Å². The molecule has 1 N–H and O–H groups in total. The molecule has 0 saturated heterocycles. The van der Waals surface area contributed by atoms with Crippen LogP contribution >= 0.6 is 0 Å². The largest absolute Gasteiger partial charge is 0.477 e. The maximum atomic E-state index is 13.1. The molecule has 0 aliphatic carbocycles. The van der Waals surface area contributed by atoms with Gasteiger partial charge in [0.25, 0.3) is 0 Å². The first kappa shape index (κ1) is 13.0. The van der Waals surface area contributed by atoms with Gasteiger partial charge in [-0.15, -0.1) is 0 Å². The Labute approximate surface area is 110 Å². The number of hydrogen-bond donors (Lipinski definition) is 1. The number of benzene rings is 1. The van der Waals surface area contributed by atoms with Gasteiger partial charge < -0.3 is 10.0 Å². The number of rotatable bonds is 4.